The van der Waals surface area contributed by atoms with Crippen LogP contribution in [-0.2, 0) is 17.6 Å². The van der Waals surface area contributed by atoms with Crippen molar-refractivity contribution in [3.05, 3.63) is 45.7 Å². The molecule has 1 aliphatic rings. The quantitative estimate of drug-likeness (QED) is 0.708. The predicted molar refractivity (Wildman–Crippen MR) is 111 cm³/mol. The summed E-state index contributed by atoms with van der Waals surface area (Å²) in [7, 11) is 0. The van der Waals surface area contributed by atoms with E-state index in [1.54, 1.807) is 24.5 Å². The number of nitrogens with one attached hydrogen (secondary N) is 1. The lowest BCUT2D eigenvalue weighted by Gasteiger charge is -2.20. The number of amides is 2. The van der Waals surface area contributed by atoms with Crippen LogP contribution in [0.3, 0.4) is 0 Å². The van der Waals surface area contributed by atoms with E-state index in [0.717, 1.165) is 17.0 Å². The van der Waals surface area contributed by atoms with Gasteiger partial charge in [0.05, 0.1) is 5.69 Å². The second kappa shape index (κ2) is 11.0. The minimum Gasteiger partial charge on any atom is -0.475 e. The summed E-state index contributed by atoms with van der Waals surface area (Å²) in [4.78, 5) is 45.1. The van der Waals surface area contributed by atoms with Crippen molar-refractivity contribution in [3.63, 3.8) is 0 Å². The molecule has 8 nitrogen and oxygen atoms in total. The molecule has 2 amide bonds. The number of hydrogen-bond acceptors (Lipinski definition) is 6. The van der Waals surface area contributed by atoms with Crippen LogP contribution >= 0.6 is 11.3 Å². The summed E-state index contributed by atoms with van der Waals surface area (Å²) < 4.78 is 31.7. The number of pyridine rings is 1. The number of carbonyl (C=O) groups excluding carboxylic acids is 2. The number of thiazole rings is 1. The van der Waals surface area contributed by atoms with E-state index in [4.69, 9.17) is 9.90 Å². The third kappa shape index (κ3) is 7.29. The number of carbonyl (C=O) groups is 3. The molecule has 0 saturated heterocycles. The van der Waals surface area contributed by atoms with E-state index in [-0.39, 0.29) is 11.8 Å². The average Bonchev–Trinajstić information content (AvgIpc) is 3.05. The van der Waals surface area contributed by atoms with Gasteiger partial charge in [0.1, 0.15) is 0 Å². The number of aromatic nitrogens is 2. The number of alkyl halides is 3. The SMILES string of the molecule is CC(C)CNC(=O)c1nc2c(s1)CCN(C(=O)c1ccncc1)CC2.O=C(O)C(F)(F)F. The van der Waals surface area contributed by atoms with Crippen molar-refractivity contribution in [2.45, 2.75) is 32.9 Å². The average molecular weight is 472 g/mol. The maximum atomic E-state index is 12.6. The Morgan fingerprint density at radius 1 is 1.19 bits per heavy atom. The van der Waals surface area contributed by atoms with Gasteiger partial charge in [-0.05, 0) is 18.1 Å². The van der Waals surface area contributed by atoms with Crippen LogP contribution in [0, 0.1) is 5.92 Å². The monoisotopic (exact) mass is 472 g/mol. The topological polar surface area (TPSA) is 112 Å². The maximum absolute atomic E-state index is 12.6. The Labute approximate surface area is 186 Å². The van der Waals surface area contributed by atoms with Crippen molar-refractivity contribution < 1.29 is 32.7 Å². The number of fused-ring (bicyclic) bond motifs is 1. The van der Waals surface area contributed by atoms with Crippen LogP contribution in [0.15, 0.2) is 24.5 Å². The first kappa shape index (κ1) is 25.2. The molecule has 0 spiro atoms. The van der Waals surface area contributed by atoms with Gasteiger partial charge >= 0.3 is 12.1 Å². The Morgan fingerprint density at radius 2 is 1.78 bits per heavy atom. The zero-order chi connectivity index (χ0) is 23.9. The van der Waals surface area contributed by atoms with E-state index in [2.05, 4.69) is 29.1 Å². The molecule has 3 heterocycles. The summed E-state index contributed by atoms with van der Waals surface area (Å²) in [6.45, 7) is 6.03. The van der Waals surface area contributed by atoms with Gasteiger partial charge in [-0.1, -0.05) is 13.8 Å². The first-order valence-electron chi connectivity index (χ1n) is 9.75. The van der Waals surface area contributed by atoms with Gasteiger partial charge in [0.15, 0.2) is 5.01 Å². The molecule has 0 unspecified atom stereocenters. The first-order chi connectivity index (χ1) is 15.0. The lowest BCUT2D eigenvalue weighted by molar-refractivity contribution is -0.192. The summed E-state index contributed by atoms with van der Waals surface area (Å²) in [6.07, 6.45) is -0.404. The minimum atomic E-state index is -5.08. The molecule has 0 saturated carbocycles. The number of hydrogen-bond donors (Lipinski definition) is 2. The fraction of sp³-hybridized carbons (Fsp3) is 0.450. The van der Waals surface area contributed by atoms with E-state index in [1.165, 1.54) is 11.3 Å². The van der Waals surface area contributed by atoms with Crippen molar-refractivity contribution in [3.8, 4) is 0 Å². The zero-order valence-corrected chi connectivity index (χ0v) is 18.3. The molecular weight excluding hydrogens is 449 g/mol. The molecule has 2 N–H and O–H groups in total. The first-order valence-corrected chi connectivity index (χ1v) is 10.6. The van der Waals surface area contributed by atoms with Crippen molar-refractivity contribution in [1.82, 2.24) is 20.2 Å². The van der Waals surface area contributed by atoms with Gasteiger partial charge < -0.3 is 15.3 Å². The Kier molecular flexibility index (Phi) is 8.70. The standard InChI is InChI=1S/C18H22N4O2S.C2HF3O2/c1-12(2)11-20-16(23)17-21-14-5-9-22(10-6-15(14)25-17)18(24)13-3-7-19-8-4-13;3-2(4,5)1(6)7/h3-4,7-8,12H,5-6,9-11H2,1-2H3,(H,20,23);(H,6,7). The Balaban J connectivity index is 0.000000451. The predicted octanol–water partition coefficient (Wildman–Crippen LogP) is 2.80. The third-order valence-corrected chi connectivity index (χ3v) is 5.48. The molecule has 0 aliphatic carbocycles. The fourth-order valence-electron chi connectivity index (χ4n) is 2.71. The summed E-state index contributed by atoms with van der Waals surface area (Å²) in [5, 5.41) is 10.6. The van der Waals surface area contributed by atoms with Gasteiger partial charge in [0.25, 0.3) is 11.8 Å². The third-order valence-electron chi connectivity index (χ3n) is 4.33. The highest BCUT2D eigenvalue weighted by Gasteiger charge is 2.38. The Bertz CT molecular complexity index is 923. The minimum absolute atomic E-state index is 0.0208. The summed E-state index contributed by atoms with van der Waals surface area (Å²) in [5.41, 5.74) is 1.60. The molecule has 0 bridgehead atoms. The Hall–Kier alpha value is -3.02. The van der Waals surface area contributed by atoms with E-state index in [1.807, 2.05) is 4.90 Å². The van der Waals surface area contributed by atoms with E-state index in [0.29, 0.717) is 42.5 Å². The number of rotatable bonds is 4. The van der Waals surface area contributed by atoms with E-state index >= 15 is 0 Å². The maximum Gasteiger partial charge on any atom is 0.490 e. The van der Waals surface area contributed by atoms with Gasteiger partial charge in [-0.25, -0.2) is 9.78 Å². The highest BCUT2D eigenvalue weighted by molar-refractivity contribution is 7.13. The van der Waals surface area contributed by atoms with Crippen molar-refractivity contribution in [2.75, 3.05) is 19.6 Å². The van der Waals surface area contributed by atoms with Crippen LogP contribution in [-0.4, -0.2) is 63.6 Å². The molecule has 12 heteroatoms. The smallest absolute Gasteiger partial charge is 0.475 e. The van der Waals surface area contributed by atoms with Gasteiger partial charge in [-0.2, -0.15) is 13.2 Å². The molecule has 0 radical (unpaired) electrons. The van der Waals surface area contributed by atoms with Crippen LogP contribution in [0.25, 0.3) is 0 Å². The number of halogens is 3. The number of aliphatic carboxylic acids is 1. The van der Waals surface area contributed by atoms with Crippen molar-refractivity contribution in [1.29, 1.82) is 0 Å². The molecular formula is C20H23F3N4O4S. The molecule has 0 fully saturated rings. The van der Waals surface area contributed by atoms with E-state index < -0.39 is 12.1 Å². The molecule has 0 atom stereocenters. The summed E-state index contributed by atoms with van der Waals surface area (Å²) in [5.74, 6) is -2.43. The molecule has 174 valence electrons. The number of carboxylic acids is 1. The summed E-state index contributed by atoms with van der Waals surface area (Å²) >= 11 is 1.45. The molecule has 3 rings (SSSR count). The highest BCUT2D eigenvalue weighted by Crippen LogP contribution is 2.23. The van der Waals surface area contributed by atoms with Crippen LogP contribution < -0.4 is 5.32 Å². The van der Waals surface area contributed by atoms with Crippen LogP contribution in [0.4, 0.5) is 13.2 Å². The van der Waals surface area contributed by atoms with Gasteiger partial charge in [0.2, 0.25) is 0 Å². The molecule has 0 aromatic carbocycles. The second-order valence-corrected chi connectivity index (χ2v) is 8.41. The molecule has 1 aliphatic heterocycles. The van der Waals surface area contributed by atoms with Crippen LogP contribution in [0.5, 0.6) is 0 Å². The second-order valence-electron chi connectivity index (χ2n) is 7.32. The van der Waals surface area contributed by atoms with Gasteiger partial charge in [-0.3, -0.25) is 14.6 Å². The molecule has 2 aromatic heterocycles. The fourth-order valence-corrected chi connectivity index (χ4v) is 3.73. The summed E-state index contributed by atoms with van der Waals surface area (Å²) in [6, 6.07) is 3.47. The number of carboxylic acid groups (broad SMARTS) is 1. The molecule has 2 aromatic rings. The van der Waals surface area contributed by atoms with Crippen molar-refractivity contribution >= 4 is 29.1 Å². The normalized spacial score (nSPS) is 13.5. The highest BCUT2D eigenvalue weighted by atomic mass is 32.1. The van der Waals surface area contributed by atoms with Crippen LogP contribution in [0.1, 0.15) is 44.6 Å². The lowest BCUT2D eigenvalue weighted by atomic mass is 10.2. The van der Waals surface area contributed by atoms with Gasteiger partial charge in [-0.15, -0.1) is 11.3 Å². The lowest BCUT2D eigenvalue weighted by Crippen LogP contribution is -2.33. The largest absolute Gasteiger partial charge is 0.490 e. The van der Waals surface area contributed by atoms with Crippen molar-refractivity contribution in [2.24, 2.45) is 5.92 Å². The van der Waals surface area contributed by atoms with Gasteiger partial charge in [0, 0.05) is 55.3 Å². The zero-order valence-electron chi connectivity index (χ0n) is 17.5. The van der Waals surface area contributed by atoms with Crippen LogP contribution in [0.2, 0.25) is 0 Å². The molecule has 32 heavy (non-hydrogen) atoms. The Morgan fingerprint density at radius 3 is 2.34 bits per heavy atom. The number of nitrogens with zero attached hydrogens (tertiary/aromatic N) is 3. The van der Waals surface area contributed by atoms with E-state index in [9.17, 15) is 22.8 Å².